The normalized spacial score (nSPS) is 14.3. The first-order valence-corrected chi connectivity index (χ1v) is 9.21. The van der Waals surface area contributed by atoms with Crippen LogP contribution in [0.25, 0.3) is 0 Å². The zero-order valence-corrected chi connectivity index (χ0v) is 15.5. The van der Waals surface area contributed by atoms with Crippen LogP contribution < -0.4 is 16.4 Å². The van der Waals surface area contributed by atoms with E-state index in [1.165, 1.54) is 25.0 Å². The van der Waals surface area contributed by atoms with Crippen molar-refractivity contribution in [2.45, 2.75) is 31.7 Å². The van der Waals surface area contributed by atoms with E-state index in [1.54, 1.807) is 18.2 Å². The number of nitrogen functional groups attached to an aromatic ring is 1. The summed E-state index contributed by atoms with van der Waals surface area (Å²) in [5, 5.41) is 23.3. The third-order valence-corrected chi connectivity index (χ3v) is 4.93. The molecular weight excluding hydrogens is 355 g/mol. The number of H-pyrrole nitrogens is 1. The van der Waals surface area contributed by atoms with Crippen molar-refractivity contribution in [1.82, 2.24) is 10.2 Å². The number of nitrogens with zero attached hydrogens (tertiary/aromatic N) is 2. The third-order valence-electron chi connectivity index (χ3n) is 4.93. The van der Waals surface area contributed by atoms with E-state index in [0.717, 1.165) is 16.9 Å². The summed E-state index contributed by atoms with van der Waals surface area (Å²) in [6.07, 6.45) is 2.37. The predicted molar refractivity (Wildman–Crippen MR) is 108 cm³/mol. The number of benzene rings is 2. The summed E-state index contributed by atoms with van der Waals surface area (Å²) in [4.78, 5) is 0. The Bertz CT molecular complexity index is 1030. The Balaban J connectivity index is 1.57. The first-order valence-electron chi connectivity index (χ1n) is 9.21. The number of hydrogen-bond acceptors (Lipinski definition) is 5. The molecule has 0 aliphatic heterocycles. The van der Waals surface area contributed by atoms with E-state index in [4.69, 9.17) is 5.73 Å². The van der Waals surface area contributed by atoms with Crippen LogP contribution in [0, 0.1) is 17.1 Å². The van der Waals surface area contributed by atoms with Gasteiger partial charge < -0.3 is 16.4 Å². The Morgan fingerprint density at radius 2 is 2.00 bits per heavy atom. The smallest absolute Gasteiger partial charge is 0.152 e. The molecule has 1 aromatic heterocycles. The number of halogens is 1. The third kappa shape index (κ3) is 3.76. The van der Waals surface area contributed by atoms with Gasteiger partial charge in [0, 0.05) is 29.4 Å². The van der Waals surface area contributed by atoms with Crippen molar-refractivity contribution in [3.63, 3.8) is 0 Å². The summed E-state index contributed by atoms with van der Waals surface area (Å²) < 4.78 is 13.1. The quantitative estimate of drug-likeness (QED) is 0.463. The van der Waals surface area contributed by atoms with Gasteiger partial charge in [0.1, 0.15) is 11.9 Å². The number of nitrogens with two attached hydrogens (primary N) is 1. The number of aromatic nitrogens is 2. The summed E-state index contributed by atoms with van der Waals surface area (Å²) in [5.41, 5.74) is 10.3. The number of nitriles is 1. The second kappa shape index (κ2) is 7.24. The van der Waals surface area contributed by atoms with E-state index in [2.05, 4.69) is 26.9 Å². The molecule has 5 N–H and O–H groups in total. The highest BCUT2D eigenvalue weighted by Crippen LogP contribution is 2.40. The molecule has 1 atom stereocenters. The maximum absolute atomic E-state index is 13.1. The molecule has 0 spiro atoms. The lowest BCUT2D eigenvalue weighted by Crippen LogP contribution is -2.08. The van der Waals surface area contributed by atoms with Gasteiger partial charge in [0.15, 0.2) is 5.82 Å². The van der Waals surface area contributed by atoms with Crippen LogP contribution in [0.5, 0.6) is 0 Å². The molecule has 28 heavy (non-hydrogen) atoms. The predicted octanol–water partition coefficient (Wildman–Crippen LogP) is 4.80. The minimum Gasteiger partial charge on any atom is -0.396 e. The van der Waals surface area contributed by atoms with Gasteiger partial charge in [-0.25, -0.2) is 4.39 Å². The molecule has 0 radical (unpaired) electrons. The van der Waals surface area contributed by atoms with Crippen LogP contribution in [0.1, 0.15) is 48.5 Å². The van der Waals surface area contributed by atoms with E-state index in [0.29, 0.717) is 28.7 Å². The van der Waals surface area contributed by atoms with Crippen molar-refractivity contribution in [2.24, 2.45) is 0 Å². The van der Waals surface area contributed by atoms with E-state index >= 15 is 0 Å². The van der Waals surface area contributed by atoms with Gasteiger partial charge in [-0.15, -0.1) is 0 Å². The van der Waals surface area contributed by atoms with Gasteiger partial charge in [0.25, 0.3) is 0 Å². The number of aromatic amines is 1. The average Bonchev–Trinajstić information content (AvgIpc) is 3.44. The topological polar surface area (TPSA) is 103 Å². The van der Waals surface area contributed by atoms with E-state index in [9.17, 15) is 9.65 Å². The molecule has 1 aliphatic carbocycles. The van der Waals surface area contributed by atoms with E-state index in [1.807, 2.05) is 19.1 Å². The Kier molecular flexibility index (Phi) is 4.62. The van der Waals surface area contributed by atoms with Crippen molar-refractivity contribution in [1.29, 1.82) is 5.26 Å². The van der Waals surface area contributed by atoms with Crippen molar-refractivity contribution in [3.8, 4) is 6.07 Å². The van der Waals surface area contributed by atoms with Crippen LogP contribution in [0.2, 0.25) is 0 Å². The minimum absolute atomic E-state index is 0.0736. The van der Waals surface area contributed by atoms with Gasteiger partial charge >= 0.3 is 0 Å². The fourth-order valence-electron chi connectivity index (χ4n) is 3.16. The highest BCUT2D eigenvalue weighted by molar-refractivity contribution is 5.81. The molecule has 6 nitrogen and oxygen atoms in total. The summed E-state index contributed by atoms with van der Waals surface area (Å²) in [5.74, 6) is 0.965. The van der Waals surface area contributed by atoms with Crippen molar-refractivity contribution >= 4 is 22.9 Å². The maximum Gasteiger partial charge on any atom is 0.152 e. The number of rotatable bonds is 6. The highest BCUT2D eigenvalue weighted by atomic mass is 19.1. The summed E-state index contributed by atoms with van der Waals surface area (Å²) in [6, 6.07) is 13.9. The SMILES string of the molecule is CC(Nc1cc(C#N)c(N)c(Nc2cc(C3CC3)[nH]n2)c1)c1ccc(F)cc1. The lowest BCUT2D eigenvalue weighted by Gasteiger charge is -2.18. The van der Waals surface area contributed by atoms with Gasteiger partial charge in [-0.2, -0.15) is 10.4 Å². The van der Waals surface area contributed by atoms with E-state index < -0.39 is 0 Å². The lowest BCUT2D eigenvalue weighted by atomic mass is 10.1. The first kappa shape index (κ1) is 17.9. The molecule has 1 aliphatic rings. The summed E-state index contributed by atoms with van der Waals surface area (Å²) >= 11 is 0. The molecule has 142 valence electrons. The molecule has 1 unspecified atom stereocenters. The fraction of sp³-hybridized carbons (Fsp3) is 0.238. The molecule has 0 saturated heterocycles. The molecule has 0 bridgehead atoms. The minimum atomic E-state index is -0.272. The molecular formula is C21H21FN6. The zero-order chi connectivity index (χ0) is 19.7. The van der Waals surface area contributed by atoms with Crippen molar-refractivity contribution in [3.05, 3.63) is 65.1 Å². The van der Waals surface area contributed by atoms with Crippen LogP contribution >= 0.6 is 0 Å². The zero-order valence-electron chi connectivity index (χ0n) is 15.5. The van der Waals surface area contributed by atoms with Crippen LogP contribution in [-0.2, 0) is 0 Å². The lowest BCUT2D eigenvalue weighted by molar-refractivity contribution is 0.626. The standard InChI is InChI=1S/C21H21FN6/c1-12(13-4-6-16(22)7-5-13)25-17-8-15(11-23)21(24)19(9-17)26-20-10-18(27-28-20)14-2-3-14/h4-10,12,14,25H,2-3,24H2,1H3,(H2,26,27,28). The molecule has 1 heterocycles. The van der Waals surface area contributed by atoms with Crippen LogP contribution in [-0.4, -0.2) is 10.2 Å². The van der Waals surface area contributed by atoms with Gasteiger partial charge in [-0.3, -0.25) is 5.10 Å². The number of hydrogen-bond donors (Lipinski definition) is 4. The monoisotopic (exact) mass is 376 g/mol. The summed E-state index contributed by atoms with van der Waals surface area (Å²) in [7, 11) is 0. The average molecular weight is 376 g/mol. The fourth-order valence-corrected chi connectivity index (χ4v) is 3.16. The van der Waals surface area contributed by atoms with Gasteiger partial charge in [0.05, 0.1) is 16.9 Å². The Morgan fingerprint density at radius 1 is 1.25 bits per heavy atom. The van der Waals surface area contributed by atoms with Crippen molar-refractivity contribution in [2.75, 3.05) is 16.4 Å². The Labute approximate surface area is 162 Å². The Morgan fingerprint density at radius 3 is 2.68 bits per heavy atom. The largest absolute Gasteiger partial charge is 0.396 e. The number of anilines is 4. The molecule has 7 heteroatoms. The highest BCUT2D eigenvalue weighted by Gasteiger charge is 2.25. The Hall–Kier alpha value is -3.53. The molecule has 2 aromatic carbocycles. The first-order chi connectivity index (χ1) is 13.5. The molecule has 3 aromatic rings. The molecule has 1 saturated carbocycles. The van der Waals surface area contributed by atoms with Gasteiger partial charge in [-0.1, -0.05) is 12.1 Å². The second-order valence-electron chi connectivity index (χ2n) is 7.12. The van der Waals surface area contributed by atoms with Gasteiger partial charge in [-0.05, 0) is 49.6 Å². The summed E-state index contributed by atoms with van der Waals surface area (Å²) in [6.45, 7) is 1.97. The van der Waals surface area contributed by atoms with E-state index in [-0.39, 0.29) is 11.9 Å². The van der Waals surface area contributed by atoms with Crippen LogP contribution in [0.15, 0.2) is 42.5 Å². The molecule has 4 rings (SSSR count). The maximum atomic E-state index is 13.1. The number of nitrogens with one attached hydrogen (secondary N) is 3. The second-order valence-corrected chi connectivity index (χ2v) is 7.12. The van der Waals surface area contributed by atoms with Crippen molar-refractivity contribution < 1.29 is 4.39 Å². The molecule has 0 amide bonds. The van der Waals surface area contributed by atoms with Crippen LogP contribution in [0.4, 0.5) is 27.3 Å². The van der Waals surface area contributed by atoms with Gasteiger partial charge in [0.2, 0.25) is 0 Å². The molecule has 1 fully saturated rings. The van der Waals surface area contributed by atoms with Crippen LogP contribution in [0.3, 0.4) is 0 Å².